The molecule has 0 aromatic heterocycles. The van der Waals surface area contributed by atoms with E-state index >= 15 is 0 Å². The van der Waals surface area contributed by atoms with Gasteiger partial charge < -0.3 is 4.90 Å². The molecule has 0 heterocycles. The molecule has 244 valence electrons. The van der Waals surface area contributed by atoms with E-state index < -0.39 is 5.41 Å². The summed E-state index contributed by atoms with van der Waals surface area (Å²) in [4.78, 5) is 2.43. The van der Waals surface area contributed by atoms with Crippen molar-refractivity contribution in [3.05, 3.63) is 235 Å². The van der Waals surface area contributed by atoms with Gasteiger partial charge in [-0.15, -0.1) is 0 Å². The predicted molar refractivity (Wildman–Crippen MR) is 219 cm³/mol. The first kappa shape index (κ1) is 30.2. The molecular formula is C51H35N. The molecule has 0 N–H and O–H groups in total. The first-order chi connectivity index (χ1) is 25.8. The molecule has 0 fully saturated rings. The lowest BCUT2D eigenvalue weighted by molar-refractivity contribution is 0.768. The maximum Gasteiger partial charge on any atom is 0.0714 e. The Labute approximate surface area is 304 Å². The summed E-state index contributed by atoms with van der Waals surface area (Å²) in [6.45, 7) is 0. The topological polar surface area (TPSA) is 3.24 Å². The first-order valence-corrected chi connectivity index (χ1v) is 18.0. The molecule has 0 unspecified atom stereocenters. The van der Waals surface area contributed by atoms with Gasteiger partial charge in [-0.05, 0) is 102 Å². The predicted octanol–water partition coefficient (Wildman–Crippen LogP) is 13.5. The van der Waals surface area contributed by atoms with Gasteiger partial charge in [-0.25, -0.2) is 0 Å². The molecule has 0 radical (unpaired) electrons. The van der Waals surface area contributed by atoms with Gasteiger partial charge in [-0.2, -0.15) is 0 Å². The highest BCUT2D eigenvalue weighted by Crippen LogP contribution is 2.57. The van der Waals surface area contributed by atoms with Crippen molar-refractivity contribution in [2.45, 2.75) is 5.41 Å². The molecule has 0 bridgehead atoms. The number of fused-ring (bicyclic) bond motifs is 6. The van der Waals surface area contributed by atoms with Gasteiger partial charge in [0.25, 0.3) is 0 Å². The van der Waals surface area contributed by atoms with Crippen LogP contribution >= 0.6 is 0 Å². The number of rotatable bonds is 6. The Bertz CT molecular complexity index is 2670. The molecule has 0 spiro atoms. The second-order valence-electron chi connectivity index (χ2n) is 13.7. The molecule has 0 aliphatic heterocycles. The van der Waals surface area contributed by atoms with Gasteiger partial charge in [0.05, 0.1) is 5.41 Å². The normalized spacial score (nSPS) is 12.8. The summed E-state index contributed by atoms with van der Waals surface area (Å²) in [7, 11) is 0. The lowest BCUT2D eigenvalue weighted by Gasteiger charge is -2.35. The van der Waals surface area contributed by atoms with Crippen molar-refractivity contribution >= 4 is 38.6 Å². The van der Waals surface area contributed by atoms with E-state index in [9.17, 15) is 0 Å². The van der Waals surface area contributed by atoms with Crippen molar-refractivity contribution in [2.75, 3.05) is 4.90 Å². The highest BCUT2D eigenvalue weighted by Gasteiger charge is 2.46. The van der Waals surface area contributed by atoms with E-state index in [1.165, 1.54) is 66.1 Å². The summed E-state index contributed by atoms with van der Waals surface area (Å²) >= 11 is 0. The van der Waals surface area contributed by atoms with Gasteiger partial charge in [0.2, 0.25) is 0 Å². The molecule has 0 atom stereocenters. The molecule has 9 aromatic carbocycles. The minimum absolute atomic E-state index is 0.479. The Morgan fingerprint density at radius 3 is 1.54 bits per heavy atom. The SMILES string of the molecule is c1ccc(-c2ccc(N(c3ccc4c(c3)C(c3ccccc3)(c3ccccc3)c3ccccc3-4)c3ccc4ccc5ccccc5c4c3)cc2)cc1. The Morgan fingerprint density at radius 2 is 0.808 bits per heavy atom. The Hall–Kier alpha value is -6.70. The van der Waals surface area contributed by atoms with Crippen LogP contribution in [-0.4, -0.2) is 0 Å². The Balaban J connectivity index is 1.23. The van der Waals surface area contributed by atoms with E-state index in [0.717, 1.165) is 17.1 Å². The number of nitrogens with zero attached hydrogens (tertiary/aromatic N) is 1. The number of hydrogen-bond donors (Lipinski definition) is 0. The van der Waals surface area contributed by atoms with Crippen LogP contribution < -0.4 is 4.90 Å². The van der Waals surface area contributed by atoms with Crippen LogP contribution in [0.15, 0.2) is 212 Å². The van der Waals surface area contributed by atoms with Gasteiger partial charge >= 0.3 is 0 Å². The Kier molecular flexibility index (Phi) is 7.11. The number of hydrogen-bond acceptors (Lipinski definition) is 1. The summed E-state index contributed by atoms with van der Waals surface area (Å²) in [5, 5.41) is 4.99. The fourth-order valence-corrected chi connectivity index (χ4v) is 8.58. The van der Waals surface area contributed by atoms with E-state index in [0.29, 0.717) is 0 Å². The van der Waals surface area contributed by atoms with Crippen LogP contribution in [0.2, 0.25) is 0 Å². The van der Waals surface area contributed by atoms with Crippen molar-refractivity contribution in [1.82, 2.24) is 0 Å². The fourth-order valence-electron chi connectivity index (χ4n) is 8.58. The summed E-state index contributed by atoms with van der Waals surface area (Å²) in [6.07, 6.45) is 0. The quantitative estimate of drug-likeness (QED) is 0.160. The molecule has 0 amide bonds. The van der Waals surface area contributed by atoms with Crippen molar-refractivity contribution in [3.63, 3.8) is 0 Å². The van der Waals surface area contributed by atoms with Crippen molar-refractivity contribution in [3.8, 4) is 22.3 Å². The Morgan fingerprint density at radius 1 is 0.308 bits per heavy atom. The third-order valence-corrected chi connectivity index (χ3v) is 10.9. The van der Waals surface area contributed by atoms with Gasteiger partial charge in [-0.1, -0.05) is 176 Å². The zero-order chi connectivity index (χ0) is 34.5. The zero-order valence-corrected chi connectivity index (χ0v) is 28.7. The second-order valence-corrected chi connectivity index (χ2v) is 13.7. The summed E-state index contributed by atoms with van der Waals surface area (Å²) in [5.74, 6) is 0. The number of anilines is 3. The molecule has 0 saturated carbocycles. The number of benzene rings is 9. The summed E-state index contributed by atoms with van der Waals surface area (Å²) in [5.41, 5.74) is 13.0. The minimum Gasteiger partial charge on any atom is -0.310 e. The van der Waals surface area contributed by atoms with E-state index in [1.54, 1.807) is 0 Å². The van der Waals surface area contributed by atoms with Crippen LogP contribution in [-0.2, 0) is 5.41 Å². The molecule has 10 rings (SSSR count). The van der Waals surface area contributed by atoms with E-state index in [2.05, 4.69) is 217 Å². The highest BCUT2D eigenvalue weighted by atomic mass is 15.1. The van der Waals surface area contributed by atoms with Gasteiger partial charge in [0, 0.05) is 17.1 Å². The molecule has 0 saturated heterocycles. The van der Waals surface area contributed by atoms with Crippen LogP contribution in [0.25, 0.3) is 43.8 Å². The van der Waals surface area contributed by atoms with Crippen molar-refractivity contribution in [2.24, 2.45) is 0 Å². The molecule has 1 aliphatic carbocycles. The van der Waals surface area contributed by atoms with Crippen LogP contribution in [0.3, 0.4) is 0 Å². The molecule has 9 aromatic rings. The standard InChI is InChI=1S/C51H35N/c1-4-14-36(15-5-1)37-26-29-42(30-27-37)52(43-31-28-39-25-24-38-16-10-11-21-45(38)48(39)34-43)44-32-33-47-46-22-12-13-23-49(46)51(50(47)35-44,40-17-6-2-7-18-40)41-19-8-3-9-20-41/h1-35H. The third-order valence-electron chi connectivity index (χ3n) is 10.9. The maximum atomic E-state index is 2.45. The van der Waals surface area contributed by atoms with Gasteiger partial charge in [0.15, 0.2) is 0 Å². The fraction of sp³-hybridized carbons (Fsp3) is 0.0196. The van der Waals surface area contributed by atoms with Crippen LogP contribution in [0.5, 0.6) is 0 Å². The summed E-state index contributed by atoms with van der Waals surface area (Å²) < 4.78 is 0. The molecule has 52 heavy (non-hydrogen) atoms. The van der Waals surface area contributed by atoms with Crippen LogP contribution in [0, 0.1) is 0 Å². The maximum absolute atomic E-state index is 2.45. The lowest BCUT2D eigenvalue weighted by Crippen LogP contribution is -2.28. The third kappa shape index (κ3) is 4.71. The monoisotopic (exact) mass is 661 g/mol. The largest absolute Gasteiger partial charge is 0.310 e. The molecular weight excluding hydrogens is 627 g/mol. The van der Waals surface area contributed by atoms with Crippen molar-refractivity contribution in [1.29, 1.82) is 0 Å². The summed E-state index contributed by atoms with van der Waals surface area (Å²) in [6, 6.07) is 77.8. The second kappa shape index (κ2) is 12.3. The van der Waals surface area contributed by atoms with E-state index in [1.807, 2.05) is 0 Å². The first-order valence-electron chi connectivity index (χ1n) is 18.0. The average molecular weight is 662 g/mol. The van der Waals surface area contributed by atoms with Gasteiger partial charge in [0.1, 0.15) is 0 Å². The molecule has 1 aliphatic rings. The highest BCUT2D eigenvalue weighted by molar-refractivity contribution is 6.09. The minimum atomic E-state index is -0.479. The van der Waals surface area contributed by atoms with Gasteiger partial charge in [-0.3, -0.25) is 0 Å². The average Bonchev–Trinajstić information content (AvgIpc) is 3.52. The lowest BCUT2D eigenvalue weighted by atomic mass is 9.67. The van der Waals surface area contributed by atoms with Crippen molar-refractivity contribution < 1.29 is 0 Å². The molecule has 1 nitrogen and oxygen atoms in total. The van der Waals surface area contributed by atoms with Crippen LogP contribution in [0.4, 0.5) is 17.1 Å². The molecule has 1 heteroatoms. The van der Waals surface area contributed by atoms with Crippen LogP contribution in [0.1, 0.15) is 22.3 Å². The smallest absolute Gasteiger partial charge is 0.0714 e. The zero-order valence-electron chi connectivity index (χ0n) is 28.7. The van der Waals surface area contributed by atoms with E-state index in [-0.39, 0.29) is 0 Å². The van der Waals surface area contributed by atoms with E-state index in [4.69, 9.17) is 0 Å².